The van der Waals surface area contributed by atoms with Gasteiger partial charge in [0.2, 0.25) is 5.78 Å². The maximum Gasteiger partial charge on any atom is 0.387 e. The van der Waals surface area contributed by atoms with Gasteiger partial charge < -0.3 is 19.0 Å². The molecule has 186 valence electrons. The second kappa shape index (κ2) is 10.5. The minimum Gasteiger partial charge on any atom is -0.457 e. The van der Waals surface area contributed by atoms with E-state index in [9.17, 15) is 23.2 Å². The van der Waals surface area contributed by atoms with Gasteiger partial charge in [-0.25, -0.2) is 4.98 Å². The third-order valence-electron chi connectivity index (χ3n) is 5.64. The van der Waals surface area contributed by atoms with E-state index >= 15 is 0 Å². The van der Waals surface area contributed by atoms with E-state index in [4.69, 9.17) is 4.74 Å². The summed E-state index contributed by atoms with van der Waals surface area (Å²) >= 11 is 0. The summed E-state index contributed by atoms with van der Waals surface area (Å²) in [6, 6.07) is 14.6. The Balaban J connectivity index is 1.37. The number of alkyl halides is 2. The zero-order valence-corrected chi connectivity index (χ0v) is 19.6. The SMILES string of the molecule is Cc1cc(C(=O)COC(=O)CCc2nc3ccccc3c(=O)[nH]2)c(C)n1-c1ccc(OC(F)F)cc1. The number of hydrogen-bond donors (Lipinski definition) is 1. The van der Waals surface area contributed by atoms with E-state index in [1.54, 1.807) is 60.9 Å². The van der Waals surface area contributed by atoms with Crippen LogP contribution >= 0.6 is 0 Å². The van der Waals surface area contributed by atoms with Crippen LogP contribution in [0.15, 0.2) is 59.4 Å². The van der Waals surface area contributed by atoms with Crippen LogP contribution in [0.3, 0.4) is 0 Å². The molecule has 2 heterocycles. The van der Waals surface area contributed by atoms with Crippen LogP contribution < -0.4 is 10.3 Å². The van der Waals surface area contributed by atoms with Crippen molar-refractivity contribution in [2.24, 2.45) is 0 Å². The molecule has 0 bridgehead atoms. The van der Waals surface area contributed by atoms with Crippen LogP contribution in [0.2, 0.25) is 0 Å². The second-order valence-corrected chi connectivity index (χ2v) is 8.11. The fraction of sp³-hybridized carbons (Fsp3) is 0.231. The first-order valence-corrected chi connectivity index (χ1v) is 11.1. The molecular weight excluding hydrogens is 472 g/mol. The number of H-pyrrole nitrogens is 1. The zero-order chi connectivity index (χ0) is 25.8. The number of ketones is 1. The Morgan fingerprint density at radius 3 is 2.53 bits per heavy atom. The Morgan fingerprint density at radius 2 is 1.81 bits per heavy atom. The number of ether oxygens (including phenoxy) is 2. The number of carbonyl (C=O) groups is 2. The molecule has 0 saturated heterocycles. The fourth-order valence-corrected chi connectivity index (χ4v) is 3.99. The number of rotatable bonds is 9. The summed E-state index contributed by atoms with van der Waals surface area (Å²) in [4.78, 5) is 44.1. The first kappa shape index (κ1) is 24.8. The van der Waals surface area contributed by atoms with Gasteiger partial charge in [-0.1, -0.05) is 12.1 Å². The molecule has 1 N–H and O–H groups in total. The van der Waals surface area contributed by atoms with Gasteiger partial charge in [-0.05, 0) is 56.3 Å². The van der Waals surface area contributed by atoms with Crippen molar-refractivity contribution in [2.45, 2.75) is 33.3 Å². The molecule has 36 heavy (non-hydrogen) atoms. The summed E-state index contributed by atoms with van der Waals surface area (Å²) in [5.41, 5.74) is 2.66. The Morgan fingerprint density at radius 1 is 1.08 bits per heavy atom. The monoisotopic (exact) mass is 495 g/mol. The van der Waals surface area contributed by atoms with Gasteiger partial charge in [-0.15, -0.1) is 0 Å². The molecular formula is C26H23F2N3O5. The lowest BCUT2D eigenvalue weighted by Gasteiger charge is -2.11. The largest absolute Gasteiger partial charge is 0.457 e. The molecule has 0 saturated carbocycles. The molecule has 0 radical (unpaired) electrons. The number of esters is 1. The molecule has 0 atom stereocenters. The number of aromatic nitrogens is 3. The van der Waals surface area contributed by atoms with Crippen molar-refractivity contribution in [3.63, 3.8) is 0 Å². The van der Waals surface area contributed by atoms with Crippen molar-refractivity contribution in [3.05, 3.63) is 87.7 Å². The number of aromatic amines is 1. The van der Waals surface area contributed by atoms with Crippen LogP contribution in [-0.2, 0) is 16.0 Å². The predicted molar refractivity (Wildman–Crippen MR) is 128 cm³/mol. The molecule has 4 rings (SSSR count). The van der Waals surface area contributed by atoms with Gasteiger partial charge in [-0.3, -0.25) is 14.4 Å². The van der Waals surface area contributed by atoms with E-state index in [0.29, 0.717) is 33.7 Å². The molecule has 0 aliphatic heterocycles. The van der Waals surface area contributed by atoms with Gasteiger partial charge in [0.25, 0.3) is 5.56 Å². The Bertz CT molecular complexity index is 1480. The van der Waals surface area contributed by atoms with Crippen LogP contribution in [0, 0.1) is 13.8 Å². The molecule has 4 aromatic rings. The maximum atomic E-state index is 12.8. The van der Waals surface area contributed by atoms with Crippen molar-refractivity contribution in [3.8, 4) is 11.4 Å². The highest BCUT2D eigenvalue weighted by Gasteiger charge is 2.19. The highest BCUT2D eigenvalue weighted by Crippen LogP contribution is 2.24. The predicted octanol–water partition coefficient (Wildman–Crippen LogP) is 4.29. The van der Waals surface area contributed by atoms with Gasteiger partial charge in [0.15, 0.2) is 6.61 Å². The molecule has 0 spiro atoms. The number of para-hydroxylation sites is 1. The molecule has 0 amide bonds. The number of nitrogens with zero attached hydrogens (tertiary/aromatic N) is 2. The number of aryl methyl sites for hydroxylation is 2. The minimum atomic E-state index is -2.91. The fourth-order valence-electron chi connectivity index (χ4n) is 3.99. The molecule has 0 unspecified atom stereocenters. The van der Waals surface area contributed by atoms with Gasteiger partial charge in [0.1, 0.15) is 11.6 Å². The number of Topliss-reactive ketones (excluding diaryl/α,β-unsaturated/α-hetero) is 1. The van der Waals surface area contributed by atoms with E-state index in [-0.39, 0.29) is 29.9 Å². The van der Waals surface area contributed by atoms with Crippen molar-refractivity contribution in [1.29, 1.82) is 0 Å². The highest BCUT2D eigenvalue weighted by atomic mass is 19.3. The summed E-state index contributed by atoms with van der Waals surface area (Å²) in [5.74, 6) is -0.585. The van der Waals surface area contributed by atoms with E-state index in [0.717, 1.165) is 5.69 Å². The first-order chi connectivity index (χ1) is 17.2. The van der Waals surface area contributed by atoms with Crippen LogP contribution in [-0.4, -0.2) is 39.5 Å². The molecule has 2 aromatic heterocycles. The lowest BCUT2D eigenvalue weighted by Crippen LogP contribution is -2.17. The number of hydrogen-bond acceptors (Lipinski definition) is 6. The van der Waals surface area contributed by atoms with E-state index in [1.807, 2.05) is 0 Å². The lowest BCUT2D eigenvalue weighted by molar-refractivity contribution is -0.142. The Kier molecular flexibility index (Phi) is 7.23. The van der Waals surface area contributed by atoms with Gasteiger partial charge in [-0.2, -0.15) is 8.78 Å². The van der Waals surface area contributed by atoms with Crippen LogP contribution in [0.5, 0.6) is 5.75 Å². The number of nitrogens with one attached hydrogen (secondary N) is 1. The molecule has 0 fully saturated rings. The van der Waals surface area contributed by atoms with Crippen molar-refractivity contribution in [2.75, 3.05) is 6.61 Å². The average Bonchev–Trinajstić information content (AvgIpc) is 3.15. The quantitative estimate of drug-likeness (QED) is 0.275. The number of carbonyl (C=O) groups excluding carboxylic acids is 2. The smallest absolute Gasteiger partial charge is 0.387 e. The summed E-state index contributed by atoms with van der Waals surface area (Å²) < 4.78 is 36.1. The highest BCUT2D eigenvalue weighted by molar-refractivity contribution is 5.99. The molecule has 0 aliphatic rings. The van der Waals surface area contributed by atoms with Gasteiger partial charge in [0, 0.05) is 29.1 Å². The molecule has 0 aliphatic carbocycles. The standard InChI is InChI=1S/C26H23F2N3O5/c1-15-13-20(16(2)31(15)17-7-9-18(10-8-17)36-26(27)28)22(32)14-35-24(33)12-11-23-29-21-6-4-3-5-19(21)25(34)30-23/h3-10,13,26H,11-12,14H2,1-2H3,(H,29,30,34). The van der Waals surface area contributed by atoms with E-state index in [2.05, 4.69) is 14.7 Å². The Labute approximate surface area is 204 Å². The van der Waals surface area contributed by atoms with Gasteiger partial charge >= 0.3 is 12.6 Å². The van der Waals surface area contributed by atoms with Gasteiger partial charge in [0.05, 0.1) is 17.3 Å². The summed E-state index contributed by atoms with van der Waals surface area (Å²) in [5, 5.41) is 0.462. The minimum absolute atomic E-state index is 0.0300. The van der Waals surface area contributed by atoms with Crippen LogP contribution in [0.25, 0.3) is 16.6 Å². The summed E-state index contributed by atoms with van der Waals surface area (Å²) in [6.07, 6.45) is 0.105. The normalized spacial score (nSPS) is 11.1. The second-order valence-electron chi connectivity index (χ2n) is 8.11. The number of halogens is 2. The molecule has 10 heteroatoms. The van der Waals surface area contributed by atoms with Crippen LogP contribution in [0.4, 0.5) is 8.78 Å². The van der Waals surface area contributed by atoms with Crippen molar-refractivity contribution >= 4 is 22.7 Å². The molecule has 2 aromatic carbocycles. The number of benzene rings is 2. The van der Waals surface area contributed by atoms with Crippen molar-refractivity contribution in [1.82, 2.24) is 14.5 Å². The third kappa shape index (κ3) is 5.48. The average molecular weight is 495 g/mol. The topological polar surface area (TPSA) is 103 Å². The Hall–Kier alpha value is -4.34. The maximum absolute atomic E-state index is 12.8. The van der Waals surface area contributed by atoms with E-state index < -0.39 is 19.2 Å². The zero-order valence-electron chi connectivity index (χ0n) is 19.6. The third-order valence-corrected chi connectivity index (χ3v) is 5.64. The lowest BCUT2D eigenvalue weighted by atomic mass is 10.1. The van der Waals surface area contributed by atoms with E-state index in [1.165, 1.54) is 12.1 Å². The number of fused-ring (bicyclic) bond motifs is 1. The van der Waals surface area contributed by atoms with Crippen molar-refractivity contribution < 1.29 is 27.8 Å². The van der Waals surface area contributed by atoms with Crippen LogP contribution in [0.1, 0.15) is 34.0 Å². The first-order valence-electron chi connectivity index (χ1n) is 11.1. The summed E-state index contributed by atoms with van der Waals surface area (Å²) in [7, 11) is 0. The summed E-state index contributed by atoms with van der Waals surface area (Å²) in [6.45, 7) is 0.194. The molecule has 8 nitrogen and oxygen atoms in total.